The first-order valence-corrected chi connectivity index (χ1v) is 10.6. The zero-order chi connectivity index (χ0) is 23.1. The maximum atomic E-state index is 5.57. The van der Waals surface area contributed by atoms with Crippen LogP contribution in [0.1, 0.15) is 41.3 Å². The van der Waals surface area contributed by atoms with E-state index >= 15 is 0 Å². The van der Waals surface area contributed by atoms with Crippen LogP contribution in [-0.4, -0.2) is 34.9 Å². The Balaban J connectivity index is 0.00000385. The van der Waals surface area contributed by atoms with E-state index in [0.29, 0.717) is 19.0 Å². The molecule has 0 spiro atoms. The van der Waals surface area contributed by atoms with Crippen LogP contribution in [-0.2, 0) is 20.1 Å². The number of hydrogen-bond acceptors (Lipinski definition) is 5. The summed E-state index contributed by atoms with van der Waals surface area (Å²) in [6.45, 7) is 7.12. The first-order chi connectivity index (χ1) is 15.4. The summed E-state index contributed by atoms with van der Waals surface area (Å²) in [7, 11) is 5.30. The van der Waals surface area contributed by atoms with Crippen LogP contribution in [0.4, 0.5) is 0 Å². The molecule has 1 atom stereocenters. The maximum absolute atomic E-state index is 5.57. The van der Waals surface area contributed by atoms with E-state index in [1.165, 1.54) is 5.56 Å². The number of rotatable bonds is 8. The Bertz CT molecular complexity index is 1070. The maximum Gasteiger partial charge on any atom is 0.192 e. The Labute approximate surface area is 212 Å². The topological polar surface area (TPSA) is 85.6 Å². The quantitative estimate of drug-likeness (QED) is 0.244. The van der Waals surface area contributed by atoms with Crippen molar-refractivity contribution >= 4 is 29.9 Å². The van der Waals surface area contributed by atoms with E-state index < -0.39 is 0 Å². The minimum Gasteiger partial charge on any atom is -0.497 e. The molecule has 0 bridgehead atoms. The van der Waals surface area contributed by atoms with Crippen LogP contribution in [0.25, 0.3) is 0 Å². The van der Waals surface area contributed by atoms with Gasteiger partial charge in [-0.2, -0.15) is 0 Å². The van der Waals surface area contributed by atoms with Gasteiger partial charge in [-0.15, -0.1) is 34.2 Å². The average molecular weight is 564 g/mol. The van der Waals surface area contributed by atoms with Crippen LogP contribution in [0.2, 0.25) is 0 Å². The van der Waals surface area contributed by atoms with Gasteiger partial charge in [0.2, 0.25) is 0 Å². The van der Waals surface area contributed by atoms with Crippen LogP contribution in [0.15, 0.2) is 47.5 Å². The van der Waals surface area contributed by atoms with Gasteiger partial charge in [-0.05, 0) is 44.5 Å². The molecule has 0 saturated carbocycles. The van der Waals surface area contributed by atoms with Crippen molar-refractivity contribution in [3.05, 3.63) is 70.8 Å². The number of benzene rings is 2. The number of hydrogen-bond donors (Lipinski definition) is 2. The molecule has 2 aromatic carbocycles. The molecular weight excluding hydrogens is 531 g/mol. The van der Waals surface area contributed by atoms with Gasteiger partial charge in [0.1, 0.15) is 17.3 Å². The fourth-order valence-corrected chi connectivity index (χ4v) is 3.30. The van der Waals surface area contributed by atoms with Crippen molar-refractivity contribution in [2.24, 2.45) is 12.0 Å². The summed E-state index contributed by atoms with van der Waals surface area (Å²) < 4.78 is 12.8. The summed E-state index contributed by atoms with van der Waals surface area (Å²) in [5, 5.41) is 15.3. The molecule has 2 N–H and O–H groups in total. The third kappa shape index (κ3) is 7.08. The Morgan fingerprint density at radius 1 is 1.06 bits per heavy atom. The van der Waals surface area contributed by atoms with Crippen molar-refractivity contribution in [2.45, 2.75) is 39.9 Å². The Hall–Kier alpha value is -2.82. The Kier molecular flexibility index (Phi) is 9.95. The summed E-state index contributed by atoms with van der Waals surface area (Å²) in [6.07, 6.45) is 0. The monoisotopic (exact) mass is 564 g/mol. The van der Waals surface area contributed by atoms with Crippen molar-refractivity contribution in [3.63, 3.8) is 0 Å². The van der Waals surface area contributed by atoms with Gasteiger partial charge in [-0.3, -0.25) is 0 Å². The molecule has 0 amide bonds. The molecule has 1 aromatic heterocycles. The second-order valence-corrected chi connectivity index (χ2v) is 7.70. The molecule has 3 aromatic rings. The highest BCUT2D eigenvalue weighted by molar-refractivity contribution is 14.0. The second-order valence-electron chi connectivity index (χ2n) is 7.70. The number of nitrogens with one attached hydrogen (secondary N) is 2. The first kappa shape index (κ1) is 26.4. The fourth-order valence-electron chi connectivity index (χ4n) is 3.30. The standard InChI is InChI=1S/C24H32N6O2.HI/c1-16-7-12-22(32-6)21(13-16)17(2)27-24(26-15-23-29-28-18(3)30(23)4)25-14-19-8-10-20(31-5)11-9-19;/h7-13,17H,14-15H2,1-6H3,(H2,25,26,27);1H. The van der Waals surface area contributed by atoms with Crippen LogP contribution in [0, 0.1) is 13.8 Å². The predicted octanol–water partition coefficient (Wildman–Crippen LogP) is 4.06. The van der Waals surface area contributed by atoms with Crippen molar-refractivity contribution in [1.29, 1.82) is 0 Å². The van der Waals surface area contributed by atoms with Gasteiger partial charge in [0.25, 0.3) is 0 Å². The van der Waals surface area contributed by atoms with Gasteiger partial charge in [0.05, 0.1) is 33.4 Å². The van der Waals surface area contributed by atoms with Gasteiger partial charge in [-0.25, -0.2) is 4.99 Å². The number of guanidine groups is 1. The van der Waals surface area contributed by atoms with Gasteiger partial charge in [-0.1, -0.05) is 29.8 Å². The molecule has 3 rings (SSSR count). The molecule has 0 radical (unpaired) electrons. The van der Waals surface area contributed by atoms with Crippen molar-refractivity contribution in [2.75, 3.05) is 14.2 Å². The van der Waals surface area contributed by atoms with Gasteiger partial charge in [0.15, 0.2) is 11.8 Å². The summed E-state index contributed by atoms with van der Waals surface area (Å²) in [4.78, 5) is 4.80. The van der Waals surface area contributed by atoms with Crippen LogP contribution < -0.4 is 20.1 Å². The normalized spacial score (nSPS) is 12.0. The van der Waals surface area contributed by atoms with Gasteiger partial charge >= 0.3 is 0 Å². The third-order valence-electron chi connectivity index (χ3n) is 5.38. The lowest BCUT2D eigenvalue weighted by molar-refractivity contribution is 0.405. The van der Waals surface area contributed by atoms with Crippen molar-refractivity contribution in [3.8, 4) is 11.5 Å². The molecule has 8 nitrogen and oxygen atoms in total. The third-order valence-corrected chi connectivity index (χ3v) is 5.38. The highest BCUT2D eigenvalue weighted by Gasteiger charge is 2.14. The van der Waals surface area contributed by atoms with E-state index in [4.69, 9.17) is 14.5 Å². The number of methoxy groups -OCH3 is 2. The Morgan fingerprint density at radius 2 is 1.79 bits per heavy atom. The SMILES string of the molecule is COc1ccc(CN=C(NCc2nnc(C)n2C)NC(C)c2cc(C)ccc2OC)cc1.I. The minimum absolute atomic E-state index is 0. The van der Waals surface area contributed by atoms with Crippen molar-refractivity contribution in [1.82, 2.24) is 25.4 Å². The second kappa shape index (κ2) is 12.4. The fraction of sp³-hybridized carbons (Fsp3) is 0.375. The van der Waals surface area contributed by atoms with E-state index in [0.717, 1.165) is 34.3 Å². The number of aryl methyl sites for hydroxylation is 2. The number of ether oxygens (including phenoxy) is 2. The zero-order valence-electron chi connectivity index (χ0n) is 20.0. The summed E-state index contributed by atoms with van der Waals surface area (Å²) >= 11 is 0. The molecule has 1 heterocycles. The molecule has 0 fully saturated rings. The van der Waals surface area contributed by atoms with Crippen LogP contribution in [0.5, 0.6) is 11.5 Å². The lowest BCUT2D eigenvalue weighted by Gasteiger charge is -2.21. The highest BCUT2D eigenvalue weighted by atomic mass is 127. The Morgan fingerprint density at radius 3 is 2.39 bits per heavy atom. The predicted molar refractivity (Wildman–Crippen MR) is 141 cm³/mol. The van der Waals surface area contributed by atoms with E-state index in [-0.39, 0.29) is 30.0 Å². The first-order valence-electron chi connectivity index (χ1n) is 10.6. The van der Waals surface area contributed by atoms with E-state index in [1.54, 1.807) is 14.2 Å². The number of nitrogens with zero attached hydrogens (tertiary/aromatic N) is 4. The number of aliphatic imine (C=N–C) groups is 1. The summed E-state index contributed by atoms with van der Waals surface area (Å²) in [5.74, 6) is 4.05. The van der Waals surface area contributed by atoms with Gasteiger partial charge in [0, 0.05) is 12.6 Å². The molecule has 0 aliphatic carbocycles. The molecule has 0 aliphatic rings. The molecule has 178 valence electrons. The minimum atomic E-state index is -0.0202. The molecular formula is C24H33IN6O2. The van der Waals surface area contributed by atoms with Crippen LogP contribution >= 0.6 is 24.0 Å². The van der Waals surface area contributed by atoms with Crippen molar-refractivity contribution < 1.29 is 9.47 Å². The molecule has 9 heteroatoms. The smallest absolute Gasteiger partial charge is 0.192 e. The largest absolute Gasteiger partial charge is 0.497 e. The number of halogens is 1. The molecule has 0 saturated heterocycles. The lowest BCUT2D eigenvalue weighted by Crippen LogP contribution is -2.39. The van der Waals surface area contributed by atoms with E-state index in [9.17, 15) is 0 Å². The summed E-state index contributed by atoms with van der Waals surface area (Å²) in [5.41, 5.74) is 3.33. The summed E-state index contributed by atoms with van der Waals surface area (Å²) in [6, 6.07) is 14.0. The molecule has 0 aliphatic heterocycles. The number of aromatic nitrogens is 3. The lowest BCUT2D eigenvalue weighted by atomic mass is 10.0. The molecule has 33 heavy (non-hydrogen) atoms. The van der Waals surface area contributed by atoms with Gasteiger partial charge < -0.3 is 24.7 Å². The van der Waals surface area contributed by atoms with E-state index in [1.807, 2.05) is 54.9 Å². The average Bonchev–Trinajstić information content (AvgIpc) is 3.13. The van der Waals surface area contributed by atoms with Crippen LogP contribution in [0.3, 0.4) is 0 Å². The highest BCUT2D eigenvalue weighted by Crippen LogP contribution is 2.26. The molecule has 1 unspecified atom stereocenters. The zero-order valence-corrected chi connectivity index (χ0v) is 22.4. The van der Waals surface area contributed by atoms with E-state index in [2.05, 4.69) is 40.7 Å².